The van der Waals surface area contributed by atoms with E-state index in [1.54, 1.807) is 0 Å². The van der Waals surface area contributed by atoms with Crippen LogP contribution in [-0.4, -0.2) is 148 Å². The van der Waals surface area contributed by atoms with E-state index >= 15 is 0 Å². The first-order chi connectivity index (χ1) is 13.8. The lowest BCUT2D eigenvalue weighted by molar-refractivity contribution is -0.204. The van der Waals surface area contributed by atoms with Crippen LogP contribution in [0.15, 0.2) is 0 Å². The Kier molecular flexibility index (Phi) is 11.6. The Labute approximate surface area is 170 Å². The molecule has 0 bridgehead atoms. The first kappa shape index (κ1) is 28.9. The molecule has 0 aliphatic carbocycles. The predicted octanol–water partition coefficient (Wildman–Crippen LogP) is -7.65. The van der Waals surface area contributed by atoms with Crippen molar-refractivity contribution in [2.75, 3.05) is 13.2 Å². The number of rotatable bonds is 14. The third-order valence-corrected chi connectivity index (χ3v) is 4.99. The Morgan fingerprint density at radius 1 is 0.667 bits per heavy atom. The lowest BCUT2D eigenvalue weighted by Gasteiger charge is -2.42. The van der Waals surface area contributed by atoms with Crippen LogP contribution in [0.5, 0.6) is 0 Å². The van der Waals surface area contributed by atoms with Crippen molar-refractivity contribution in [1.29, 1.82) is 0 Å². The smallest absolute Gasteiger partial charge is 0.148 e. The number of ketones is 1. The van der Waals surface area contributed by atoms with Crippen molar-refractivity contribution < 1.29 is 70.9 Å². The van der Waals surface area contributed by atoms with Gasteiger partial charge in [-0.25, -0.2) is 0 Å². The van der Waals surface area contributed by atoms with E-state index in [0.29, 0.717) is 6.92 Å². The van der Waals surface area contributed by atoms with Crippen molar-refractivity contribution in [3.8, 4) is 0 Å². The quantitative estimate of drug-likeness (QED) is 0.0872. The zero-order chi connectivity index (χ0) is 24.0. The fraction of sp³-hybridized carbons (Fsp3) is 0.875. The molecule has 0 aromatic carbocycles. The van der Waals surface area contributed by atoms with Gasteiger partial charge < -0.3 is 66.1 Å². The second kappa shape index (κ2) is 12.0. The number of hydrogen-bond donors (Lipinski definition) is 12. The van der Waals surface area contributed by atoms with Crippen LogP contribution in [0, 0.1) is 5.41 Å². The van der Waals surface area contributed by atoms with Crippen LogP contribution < -0.4 is 0 Å². The van der Waals surface area contributed by atoms with E-state index in [0.717, 1.165) is 0 Å². The maximum Gasteiger partial charge on any atom is 0.148 e. The molecule has 0 rings (SSSR count). The number of aliphatic hydroxyl groups excluding tert-OH is 12. The van der Waals surface area contributed by atoms with Crippen molar-refractivity contribution in [2.24, 2.45) is 5.41 Å². The average molecular weight is 446 g/mol. The number of hydrogen-bond acceptors (Lipinski definition) is 14. The third kappa shape index (κ3) is 5.76. The van der Waals surface area contributed by atoms with Gasteiger partial charge in [0.2, 0.25) is 0 Å². The van der Waals surface area contributed by atoms with E-state index in [1.165, 1.54) is 0 Å². The standard InChI is InChI=1S/C16H30O14/c1-5(20)16(4-19,14(29)12(27)10(25)8(23)6(21)2-17)15(30)13(28)11(26)9(24)7(22)3-18/h4,6-15,17-18,21-30H,2-3H2,1H3/t6-,7-,8-,9-,10+,11+,12-,13-,14?,15?,16?/m1/s1. The van der Waals surface area contributed by atoms with Crippen molar-refractivity contribution in [3.05, 3.63) is 0 Å². The van der Waals surface area contributed by atoms with Crippen LogP contribution in [0.2, 0.25) is 0 Å². The van der Waals surface area contributed by atoms with Crippen LogP contribution >= 0.6 is 0 Å². The zero-order valence-electron chi connectivity index (χ0n) is 15.9. The Bertz CT molecular complexity index is 510. The van der Waals surface area contributed by atoms with E-state index in [4.69, 9.17) is 10.2 Å². The molecule has 0 aliphatic heterocycles. The summed E-state index contributed by atoms with van der Waals surface area (Å²) in [5.74, 6) is -1.38. The minimum atomic E-state index is -3.13. The Morgan fingerprint density at radius 3 is 1.17 bits per heavy atom. The summed E-state index contributed by atoms with van der Waals surface area (Å²) in [7, 11) is 0. The number of carbonyl (C=O) groups excluding carboxylic acids is 2. The summed E-state index contributed by atoms with van der Waals surface area (Å²) in [5.41, 5.74) is -3.13. The topological polar surface area (TPSA) is 277 Å². The van der Waals surface area contributed by atoms with Crippen molar-refractivity contribution in [3.63, 3.8) is 0 Å². The molecule has 0 saturated carbocycles. The van der Waals surface area contributed by atoms with Gasteiger partial charge in [-0.1, -0.05) is 0 Å². The monoisotopic (exact) mass is 446 g/mol. The summed E-state index contributed by atoms with van der Waals surface area (Å²) in [6, 6.07) is 0. The minimum absolute atomic E-state index is 0.403. The minimum Gasteiger partial charge on any atom is -0.394 e. The highest BCUT2D eigenvalue weighted by Crippen LogP contribution is 2.33. The highest BCUT2D eigenvalue weighted by atomic mass is 16.4. The first-order valence-electron chi connectivity index (χ1n) is 8.75. The van der Waals surface area contributed by atoms with Gasteiger partial charge in [-0.15, -0.1) is 0 Å². The van der Waals surface area contributed by atoms with Crippen LogP contribution in [-0.2, 0) is 9.59 Å². The summed E-state index contributed by atoms with van der Waals surface area (Å²) in [6.07, 6.45) is -24.6. The lowest BCUT2D eigenvalue weighted by atomic mass is 9.69. The zero-order valence-corrected chi connectivity index (χ0v) is 15.9. The second-order valence-electron chi connectivity index (χ2n) is 6.94. The molecule has 0 fully saturated rings. The van der Waals surface area contributed by atoms with Gasteiger partial charge in [0.15, 0.2) is 0 Å². The molecule has 0 aromatic rings. The molecule has 0 aromatic heterocycles. The van der Waals surface area contributed by atoms with Crippen LogP contribution in [0.4, 0.5) is 0 Å². The van der Waals surface area contributed by atoms with Gasteiger partial charge in [-0.2, -0.15) is 0 Å². The summed E-state index contributed by atoms with van der Waals surface area (Å²) in [4.78, 5) is 23.8. The number of Topliss-reactive ketones (excluding diaryl/α,β-unsaturated/α-hetero) is 1. The summed E-state index contributed by atoms with van der Waals surface area (Å²) >= 11 is 0. The van der Waals surface area contributed by atoms with Gasteiger partial charge in [0, 0.05) is 0 Å². The van der Waals surface area contributed by atoms with Gasteiger partial charge in [0.1, 0.15) is 78.5 Å². The van der Waals surface area contributed by atoms with Gasteiger partial charge in [-0.05, 0) is 6.92 Å². The Hall–Kier alpha value is -1.14. The van der Waals surface area contributed by atoms with Crippen molar-refractivity contribution in [2.45, 2.75) is 68.0 Å². The molecule has 0 spiro atoms. The molecule has 30 heavy (non-hydrogen) atoms. The molecule has 178 valence electrons. The largest absolute Gasteiger partial charge is 0.394 e. The van der Waals surface area contributed by atoms with E-state index in [9.17, 15) is 60.7 Å². The fourth-order valence-corrected chi connectivity index (χ4v) is 2.83. The van der Waals surface area contributed by atoms with E-state index in [-0.39, 0.29) is 0 Å². The molecule has 14 nitrogen and oxygen atoms in total. The molecule has 0 saturated heterocycles. The van der Waals surface area contributed by atoms with E-state index in [2.05, 4.69) is 0 Å². The molecule has 0 radical (unpaired) electrons. The maximum absolute atomic E-state index is 12.1. The molecule has 0 amide bonds. The number of carbonyl (C=O) groups is 2. The second-order valence-corrected chi connectivity index (χ2v) is 6.94. The molecule has 0 heterocycles. The fourth-order valence-electron chi connectivity index (χ4n) is 2.83. The SMILES string of the molecule is CC(=O)C(C=O)(C(O)[C@H](O)[C@@H](O)[C@H](O)[C@H](O)CO)C(O)[C@H](O)[C@@H](O)[C@H](O)[C@H](O)CO. The van der Waals surface area contributed by atoms with E-state index in [1.807, 2.05) is 0 Å². The van der Waals surface area contributed by atoms with Crippen LogP contribution in [0.3, 0.4) is 0 Å². The van der Waals surface area contributed by atoms with E-state index < -0.39 is 91.7 Å². The van der Waals surface area contributed by atoms with Crippen molar-refractivity contribution in [1.82, 2.24) is 0 Å². The molecule has 2 unspecified atom stereocenters. The molecular formula is C16H30O14. The van der Waals surface area contributed by atoms with Gasteiger partial charge in [0.25, 0.3) is 0 Å². The maximum atomic E-state index is 12.1. The molecule has 14 heteroatoms. The van der Waals surface area contributed by atoms with Crippen LogP contribution in [0.25, 0.3) is 0 Å². The Balaban J connectivity index is 5.99. The van der Waals surface area contributed by atoms with Gasteiger partial charge in [-0.3, -0.25) is 4.79 Å². The molecule has 0 aliphatic rings. The summed E-state index contributed by atoms with van der Waals surface area (Å²) in [5, 5.41) is 116. The van der Waals surface area contributed by atoms with Gasteiger partial charge in [0.05, 0.1) is 13.2 Å². The number of aliphatic hydroxyl groups is 12. The normalized spacial score (nSPS) is 24.3. The number of aldehydes is 1. The van der Waals surface area contributed by atoms with Crippen molar-refractivity contribution >= 4 is 12.1 Å². The molecule has 10 atom stereocenters. The molecule has 12 N–H and O–H groups in total. The van der Waals surface area contributed by atoms with Crippen LogP contribution in [0.1, 0.15) is 6.92 Å². The summed E-state index contributed by atoms with van der Waals surface area (Å²) < 4.78 is 0. The average Bonchev–Trinajstić information content (AvgIpc) is 2.74. The summed E-state index contributed by atoms with van der Waals surface area (Å²) in [6.45, 7) is -1.52. The first-order valence-corrected chi connectivity index (χ1v) is 8.75. The molecular weight excluding hydrogens is 416 g/mol. The highest BCUT2D eigenvalue weighted by molar-refractivity contribution is 5.98. The highest BCUT2D eigenvalue weighted by Gasteiger charge is 2.57. The Morgan fingerprint density at radius 2 is 0.967 bits per heavy atom. The van der Waals surface area contributed by atoms with Gasteiger partial charge >= 0.3 is 0 Å². The lowest BCUT2D eigenvalue weighted by Crippen LogP contribution is -2.65. The predicted molar refractivity (Wildman–Crippen MR) is 93.4 cm³/mol. The third-order valence-electron chi connectivity index (χ3n) is 4.99.